The molecule has 0 saturated carbocycles. The van der Waals surface area contributed by atoms with E-state index in [1.807, 2.05) is 0 Å². The van der Waals surface area contributed by atoms with Gasteiger partial charge in [-0.2, -0.15) is 0 Å². The Kier molecular flexibility index (Phi) is 3.12. The van der Waals surface area contributed by atoms with Gasteiger partial charge in [0.05, 0.1) is 18.8 Å². The van der Waals surface area contributed by atoms with Crippen LogP contribution in [0.25, 0.3) is 4.85 Å². The van der Waals surface area contributed by atoms with Crippen molar-refractivity contribution in [2.45, 2.75) is 0 Å². The van der Waals surface area contributed by atoms with Crippen LogP contribution in [0.5, 0.6) is 5.75 Å². The Morgan fingerprint density at radius 3 is 3.00 bits per heavy atom. The summed E-state index contributed by atoms with van der Waals surface area (Å²) in [5.74, 6) is 0.279. The summed E-state index contributed by atoms with van der Waals surface area (Å²) >= 11 is 5.95. The molecule has 20 heavy (non-hydrogen) atoms. The molecule has 0 N–H and O–H groups in total. The molecule has 0 spiro atoms. The van der Waals surface area contributed by atoms with Crippen LogP contribution in [-0.4, -0.2) is 23.1 Å². The maximum atomic E-state index is 14.1. The van der Waals surface area contributed by atoms with E-state index in [4.69, 9.17) is 22.9 Å². The quantitative estimate of drug-likeness (QED) is 0.597. The van der Waals surface area contributed by atoms with Gasteiger partial charge in [-0.25, -0.2) is 19.2 Å². The van der Waals surface area contributed by atoms with Gasteiger partial charge in [-0.15, -0.1) is 0 Å². The molecule has 3 rings (SSSR count). The first-order chi connectivity index (χ1) is 9.70. The molecule has 0 unspecified atom stereocenters. The normalized spacial score (nSPS) is 13.3. The third-order valence-electron chi connectivity index (χ3n) is 2.91. The number of hydrogen-bond acceptors (Lipinski definition) is 4. The van der Waals surface area contributed by atoms with E-state index in [9.17, 15) is 4.39 Å². The third kappa shape index (κ3) is 2.02. The maximum Gasteiger partial charge on any atom is 0.199 e. The molecule has 5 nitrogen and oxygen atoms in total. The molecule has 1 aromatic carbocycles. The third-order valence-corrected chi connectivity index (χ3v) is 3.18. The zero-order valence-electron chi connectivity index (χ0n) is 10.2. The highest BCUT2D eigenvalue weighted by atomic mass is 35.5. The fraction of sp³-hybridized carbons (Fsp3) is 0.154. The Morgan fingerprint density at radius 1 is 1.40 bits per heavy atom. The summed E-state index contributed by atoms with van der Waals surface area (Å²) < 4.78 is 19.5. The minimum atomic E-state index is -0.485. The molecule has 0 radical (unpaired) electrons. The van der Waals surface area contributed by atoms with E-state index < -0.39 is 5.82 Å². The standard InChI is InChI=1S/C13H8ClFN4O/c1-16-8-2-3-10(9(15)6-8)19-4-5-20-11-12(14)17-7-18-13(11)19/h2-3,6-7H,4-5H2. The Bertz CT molecular complexity index is 716. The molecule has 0 bridgehead atoms. The Labute approximate surface area is 119 Å². The van der Waals surface area contributed by atoms with Crippen LogP contribution in [0.2, 0.25) is 5.15 Å². The van der Waals surface area contributed by atoms with Gasteiger partial charge in [-0.3, -0.25) is 0 Å². The lowest BCUT2D eigenvalue weighted by molar-refractivity contribution is 0.310. The predicted octanol–water partition coefficient (Wildman–Crippen LogP) is 3.35. The number of nitrogens with zero attached hydrogens (tertiary/aromatic N) is 4. The number of fused-ring (bicyclic) bond motifs is 1. The van der Waals surface area contributed by atoms with Crippen LogP contribution in [0.4, 0.5) is 21.6 Å². The van der Waals surface area contributed by atoms with E-state index >= 15 is 0 Å². The molecule has 2 heterocycles. The SMILES string of the molecule is [C-]#[N+]c1ccc(N2CCOc3c(Cl)ncnc32)c(F)c1. The van der Waals surface area contributed by atoms with E-state index in [0.29, 0.717) is 30.4 Å². The smallest absolute Gasteiger partial charge is 0.199 e. The second-order valence-corrected chi connectivity index (χ2v) is 4.42. The Morgan fingerprint density at radius 2 is 2.25 bits per heavy atom. The number of rotatable bonds is 1. The summed E-state index contributed by atoms with van der Waals surface area (Å²) in [6, 6.07) is 4.30. The van der Waals surface area contributed by atoms with Gasteiger partial charge < -0.3 is 9.64 Å². The summed E-state index contributed by atoms with van der Waals surface area (Å²) in [5, 5.41) is 0.192. The monoisotopic (exact) mass is 290 g/mol. The van der Waals surface area contributed by atoms with Gasteiger partial charge >= 0.3 is 0 Å². The van der Waals surface area contributed by atoms with E-state index in [-0.39, 0.29) is 10.8 Å². The lowest BCUT2D eigenvalue weighted by Crippen LogP contribution is -2.30. The summed E-state index contributed by atoms with van der Waals surface area (Å²) in [5.41, 5.74) is 0.581. The number of anilines is 2. The molecule has 0 aliphatic carbocycles. The highest BCUT2D eigenvalue weighted by Crippen LogP contribution is 2.39. The molecule has 7 heteroatoms. The summed E-state index contributed by atoms with van der Waals surface area (Å²) in [7, 11) is 0. The fourth-order valence-electron chi connectivity index (χ4n) is 2.02. The first-order valence-corrected chi connectivity index (χ1v) is 6.16. The lowest BCUT2D eigenvalue weighted by Gasteiger charge is -2.30. The number of benzene rings is 1. The average molecular weight is 291 g/mol. The van der Waals surface area contributed by atoms with Gasteiger partial charge in [-0.05, 0) is 12.1 Å². The molecule has 0 amide bonds. The van der Waals surface area contributed by atoms with Crippen LogP contribution in [0, 0.1) is 12.4 Å². The van der Waals surface area contributed by atoms with Gasteiger partial charge in [-0.1, -0.05) is 17.7 Å². The van der Waals surface area contributed by atoms with Crippen molar-refractivity contribution in [2.75, 3.05) is 18.1 Å². The predicted molar refractivity (Wildman–Crippen MR) is 72.2 cm³/mol. The van der Waals surface area contributed by atoms with Crippen molar-refractivity contribution in [1.82, 2.24) is 9.97 Å². The molecular formula is C13H8ClFN4O. The van der Waals surface area contributed by atoms with E-state index in [2.05, 4.69) is 14.8 Å². The molecule has 2 aromatic rings. The van der Waals surface area contributed by atoms with Crippen LogP contribution >= 0.6 is 11.6 Å². The zero-order chi connectivity index (χ0) is 14.1. The molecule has 0 fully saturated rings. The molecule has 1 aliphatic rings. The van der Waals surface area contributed by atoms with E-state index in [1.165, 1.54) is 12.4 Å². The molecule has 1 aliphatic heterocycles. The fourth-order valence-corrected chi connectivity index (χ4v) is 2.21. The largest absolute Gasteiger partial charge is 0.485 e. The topological polar surface area (TPSA) is 42.6 Å². The average Bonchev–Trinajstić information content (AvgIpc) is 2.47. The first-order valence-electron chi connectivity index (χ1n) is 5.78. The summed E-state index contributed by atoms with van der Waals surface area (Å²) in [4.78, 5) is 12.8. The second-order valence-electron chi connectivity index (χ2n) is 4.06. The number of hydrogen-bond donors (Lipinski definition) is 0. The molecule has 0 saturated heterocycles. The van der Waals surface area contributed by atoms with Gasteiger partial charge in [0.2, 0.25) is 0 Å². The minimum absolute atomic E-state index is 0.192. The number of halogens is 2. The van der Waals surface area contributed by atoms with Crippen molar-refractivity contribution < 1.29 is 9.13 Å². The number of ether oxygens (including phenoxy) is 1. The van der Waals surface area contributed by atoms with E-state index in [0.717, 1.165) is 0 Å². The summed E-state index contributed by atoms with van der Waals surface area (Å²) in [6.07, 6.45) is 1.30. The van der Waals surface area contributed by atoms with Crippen LogP contribution in [-0.2, 0) is 0 Å². The number of aromatic nitrogens is 2. The van der Waals surface area contributed by atoms with Crippen molar-refractivity contribution >= 4 is 28.8 Å². The van der Waals surface area contributed by atoms with Crippen LogP contribution < -0.4 is 9.64 Å². The van der Waals surface area contributed by atoms with E-state index in [1.54, 1.807) is 17.0 Å². The van der Waals surface area contributed by atoms with Crippen LogP contribution in [0.15, 0.2) is 24.5 Å². The minimum Gasteiger partial charge on any atom is -0.485 e. The Balaban J connectivity index is 2.10. The van der Waals surface area contributed by atoms with Gasteiger partial charge in [0.25, 0.3) is 0 Å². The summed E-state index contributed by atoms with van der Waals surface area (Å²) in [6.45, 7) is 7.68. The second kappa shape index (κ2) is 4.94. The Hall–Kier alpha value is -2.39. The van der Waals surface area contributed by atoms with Gasteiger partial charge in [0.1, 0.15) is 18.8 Å². The molecule has 100 valence electrons. The van der Waals surface area contributed by atoms with Crippen molar-refractivity contribution in [3.8, 4) is 5.75 Å². The van der Waals surface area contributed by atoms with Crippen molar-refractivity contribution in [1.29, 1.82) is 0 Å². The molecule has 0 atom stereocenters. The molecule has 1 aromatic heterocycles. The lowest BCUT2D eigenvalue weighted by atomic mass is 10.2. The molecular weight excluding hydrogens is 283 g/mol. The van der Waals surface area contributed by atoms with Crippen molar-refractivity contribution in [3.63, 3.8) is 0 Å². The van der Waals surface area contributed by atoms with Crippen molar-refractivity contribution in [2.24, 2.45) is 0 Å². The highest BCUT2D eigenvalue weighted by molar-refractivity contribution is 6.31. The maximum absolute atomic E-state index is 14.1. The van der Waals surface area contributed by atoms with Crippen molar-refractivity contribution in [3.05, 3.63) is 46.9 Å². The van der Waals surface area contributed by atoms with Gasteiger partial charge in [0, 0.05) is 0 Å². The first kappa shape index (κ1) is 12.6. The zero-order valence-corrected chi connectivity index (χ0v) is 10.9. The van der Waals surface area contributed by atoms with Crippen LogP contribution in [0.3, 0.4) is 0 Å². The highest BCUT2D eigenvalue weighted by Gasteiger charge is 2.25. The van der Waals surface area contributed by atoms with Crippen LogP contribution in [0.1, 0.15) is 0 Å². The van der Waals surface area contributed by atoms with Gasteiger partial charge in [0.15, 0.2) is 22.4 Å².